The maximum Gasteiger partial charge on any atom is 0.279 e. The van der Waals surface area contributed by atoms with Gasteiger partial charge in [-0.25, -0.2) is 0 Å². The quantitative estimate of drug-likeness (QED) is 0.757. The van der Waals surface area contributed by atoms with Gasteiger partial charge in [-0.3, -0.25) is 9.59 Å². The van der Waals surface area contributed by atoms with Crippen molar-refractivity contribution < 1.29 is 19.6 Å². The Morgan fingerprint density at radius 1 is 1.42 bits per heavy atom. The number of anilines is 1. The lowest BCUT2D eigenvalue weighted by atomic mass is 9.87. The zero-order valence-electron chi connectivity index (χ0n) is 13.7. The summed E-state index contributed by atoms with van der Waals surface area (Å²) in [7, 11) is 1.54. The minimum absolute atomic E-state index is 0.0407. The zero-order chi connectivity index (χ0) is 17.1. The second kappa shape index (κ2) is 7.40. The molecule has 1 heterocycles. The Hall–Kier alpha value is -1.79. The molecular weight excluding hydrogens is 330 g/mol. The molecule has 6 nitrogen and oxygen atoms in total. The number of quaternary nitrogens is 1. The summed E-state index contributed by atoms with van der Waals surface area (Å²) in [6, 6.07) is 5.35. The molecule has 1 aliphatic heterocycles. The number of rotatable bonds is 4. The molecule has 3 rings (SSSR count). The van der Waals surface area contributed by atoms with Crippen LogP contribution in [0.2, 0.25) is 5.02 Å². The predicted molar refractivity (Wildman–Crippen MR) is 91.2 cm³/mol. The maximum atomic E-state index is 12.3. The average molecular weight is 353 g/mol. The van der Waals surface area contributed by atoms with Crippen molar-refractivity contribution in [3.05, 3.63) is 23.2 Å². The second-order valence-electron chi connectivity index (χ2n) is 6.46. The Kier molecular flexibility index (Phi) is 5.26. The predicted octanol–water partition coefficient (Wildman–Crippen LogP) is 1.05. The van der Waals surface area contributed by atoms with E-state index >= 15 is 0 Å². The molecule has 130 valence electrons. The molecule has 1 aromatic carbocycles. The molecular formula is C17H23ClN3O3+. The number of halogens is 1. The highest BCUT2D eigenvalue weighted by Gasteiger charge is 2.40. The lowest BCUT2D eigenvalue weighted by Gasteiger charge is -2.37. The Bertz CT molecular complexity index is 638. The highest BCUT2D eigenvalue weighted by molar-refractivity contribution is 6.32. The van der Waals surface area contributed by atoms with Gasteiger partial charge in [0.25, 0.3) is 5.91 Å². The van der Waals surface area contributed by atoms with Crippen LogP contribution < -0.4 is 20.7 Å². The fourth-order valence-corrected chi connectivity index (χ4v) is 3.82. The second-order valence-corrected chi connectivity index (χ2v) is 6.87. The van der Waals surface area contributed by atoms with E-state index in [4.69, 9.17) is 16.3 Å². The van der Waals surface area contributed by atoms with E-state index in [9.17, 15) is 9.59 Å². The molecule has 4 N–H and O–H groups in total. The van der Waals surface area contributed by atoms with Crippen LogP contribution in [0.5, 0.6) is 5.75 Å². The molecule has 2 amide bonds. The fourth-order valence-electron chi connectivity index (χ4n) is 3.56. The first-order chi connectivity index (χ1) is 11.6. The third kappa shape index (κ3) is 3.82. The summed E-state index contributed by atoms with van der Waals surface area (Å²) < 4.78 is 5.09. The number of nitrogens with two attached hydrogens (primary N) is 1. The van der Waals surface area contributed by atoms with Gasteiger partial charge in [-0.1, -0.05) is 18.0 Å². The van der Waals surface area contributed by atoms with Crippen LogP contribution >= 0.6 is 11.6 Å². The summed E-state index contributed by atoms with van der Waals surface area (Å²) in [5.41, 5.74) is 0.595. The first-order valence-corrected chi connectivity index (χ1v) is 8.73. The van der Waals surface area contributed by atoms with Gasteiger partial charge in [0.15, 0.2) is 6.04 Å². The van der Waals surface area contributed by atoms with E-state index in [2.05, 4.69) is 16.0 Å². The van der Waals surface area contributed by atoms with Crippen molar-refractivity contribution >= 4 is 29.1 Å². The number of hydrogen-bond donors (Lipinski definition) is 3. The van der Waals surface area contributed by atoms with Gasteiger partial charge in [-0.15, -0.1) is 0 Å². The summed E-state index contributed by atoms with van der Waals surface area (Å²) in [5.74, 6) is 0.320. The van der Waals surface area contributed by atoms with Gasteiger partial charge >= 0.3 is 0 Å². The lowest BCUT2D eigenvalue weighted by Crippen LogP contribution is -3.03. The van der Waals surface area contributed by atoms with Crippen LogP contribution in [-0.4, -0.2) is 37.0 Å². The normalized spacial score (nSPS) is 26.2. The van der Waals surface area contributed by atoms with Gasteiger partial charge < -0.3 is 20.7 Å². The molecule has 0 bridgehead atoms. The van der Waals surface area contributed by atoms with Gasteiger partial charge in [0.05, 0.1) is 24.6 Å². The Morgan fingerprint density at radius 2 is 2.21 bits per heavy atom. The molecule has 0 radical (unpaired) electrons. The monoisotopic (exact) mass is 352 g/mol. The molecule has 1 aliphatic carbocycles. The highest BCUT2D eigenvalue weighted by Crippen LogP contribution is 2.27. The topological polar surface area (TPSA) is 84.0 Å². The Balaban J connectivity index is 1.58. The minimum atomic E-state index is -0.363. The van der Waals surface area contributed by atoms with E-state index in [1.54, 1.807) is 18.2 Å². The largest absolute Gasteiger partial charge is 0.495 e. The summed E-state index contributed by atoms with van der Waals surface area (Å²) in [6.45, 7) is 0. The van der Waals surface area contributed by atoms with Gasteiger partial charge in [-0.05, 0) is 31.0 Å². The summed E-state index contributed by atoms with van der Waals surface area (Å²) in [5, 5.41) is 8.37. The van der Waals surface area contributed by atoms with E-state index in [1.165, 1.54) is 20.0 Å². The summed E-state index contributed by atoms with van der Waals surface area (Å²) >= 11 is 6.06. The van der Waals surface area contributed by atoms with Crippen molar-refractivity contribution in [2.24, 2.45) is 0 Å². The number of hydrogen-bond acceptors (Lipinski definition) is 3. The SMILES string of the molecule is COc1ccc(NC(=O)C[C@H]2[NH2+][C@H]3CCCC[C@@H]3NC2=O)cc1Cl. The van der Waals surface area contributed by atoms with Crippen LogP contribution in [0.4, 0.5) is 5.69 Å². The molecule has 3 atom stereocenters. The summed E-state index contributed by atoms with van der Waals surface area (Å²) in [4.78, 5) is 24.5. The molecule has 1 saturated heterocycles. The number of amides is 2. The fraction of sp³-hybridized carbons (Fsp3) is 0.529. The number of methoxy groups -OCH3 is 1. The first kappa shape index (κ1) is 17.0. The van der Waals surface area contributed by atoms with Gasteiger partial charge in [-0.2, -0.15) is 0 Å². The molecule has 2 aliphatic rings. The van der Waals surface area contributed by atoms with Crippen LogP contribution in [0.15, 0.2) is 18.2 Å². The third-order valence-corrected chi connectivity index (χ3v) is 5.10. The van der Waals surface area contributed by atoms with Gasteiger partial charge in [0.1, 0.15) is 11.8 Å². The highest BCUT2D eigenvalue weighted by atomic mass is 35.5. The molecule has 1 aromatic rings. The minimum Gasteiger partial charge on any atom is -0.495 e. The number of benzene rings is 1. The van der Waals surface area contributed by atoms with Crippen LogP contribution in [0, 0.1) is 0 Å². The zero-order valence-corrected chi connectivity index (χ0v) is 14.4. The molecule has 7 heteroatoms. The maximum absolute atomic E-state index is 12.3. The molecule has 24 heavy (non-hydrogen) atoms. The lowest BCUT2D eigenvalue weighted by molar-refractivity contribution is -0.718. The van der Waals surface area contributed by atoms with Gasteiger partial charge in [0, 0.05) is 12.1 Å². The third-order valence-electron chi connectivity index (χ3n) is 4.80. The Morgan fingerprint density at radius 3 is 2.96 bits per heavy atom. The molecule has 0 spiro atoms. The van der Waals surface area contributed by atoms with Crippen molar-refractivity contribution in [3.63, 3.8) is 0 Å². The molecule has 2 fully saturated rings. The van der Waals surface area contributed by atoms with E-state index in [0.29, 0.717) is 22.5 Å². The number of piperazine rings is 1. The van der Waals surface area contributed by atoms with Crippen LogP contribution in [0.3, 0.4) is 0 Å². The smallest absolute Gasteiger partial charge is 0.279 e. The van der Waals surface area contributed by atoms with Crippen molar-refractivity contribution in [3.8, 4) is 5.75 Å². The van der Waals surface area contributed by atoms with E-state index in [1.807, 2.05) is 0 Å². The van der Waals surface area contributed by atoms with E-state index < -0.39 is 0 Å². The van der Waals surface area contributed by atoms with Crippen LogP contribution in [-0.2, 0) is 9.59 Å². The number of fused-ring (bicyclic) bond motifs is 1. The van der Waals surface area contributed by atoms with Crippen molar-refractivity contribution in [1.29, 1.82) is 0 Å². The molecule has 0 aromatic heterocycles. The summed E-state index contributed by atoms with van der Waals surface area (Å²) in [6.07, 6.45) is 4.64. The molecule has 0 unspecified atom stereocenters. The van der Waals surface area contributed by atoms with E-state index in [-0.39, 0.29) is 30.3 Å². The van der Waals surface area contributed by atoms with Crippen molar-refractivity contribution in [1.82, 2.24) is 5.32 Å². The van der Waals surface area contributed by atoms with Crippen LogP contribution in [0.25, 0.3) is 0 Å². The van der Waals surface area contributed by atoms with Crippen molar-refractivity contribution in [2.75, 3.05) is 12.4 Å². The number of nitrogens with one attached hydrogen (secondary N) is 2. The Labute approximate surface area is 146 Å². The number of carbonyl (C=O) groups is 2. The first-order valence-electron chi connectivity index (χ1n) is 8.35. The van der Waals surface area contributed by atoms with Crippen LogP contribution in [0.1, 0.15) is 32.1 Å². The molecule has 1 saturated carbocycles. The number of ether oxygens (including phenoxy) is 1. The van der Waals surface area contributed by atoms with Gasteiger partial charge in [0.2, 0.25) is 5.91 Å². The van der Waals surface area contributed by atoms with E-state index in [0.717, 1.165) is 12.8 Å². The average Bonchev–Trinajstić information content (AvgIpc) is 2.55. The number of carbonyl (C=O) groups excluding carboxylic acids is 2. The van der Waals surface area contributed by atoms with Crippen molar-refractivity contribution in [2.45, 2.75) is 50.2 Å². The standard InChI is InChI=1S/C17H22ClN3O3/c1-24-15-7-6-10(8-11(15)18)19-16(22)9-14-17(23)21-13-5-3-2-4-12(13)20-14/h6-8,12-14,20H,2-5,9H2,1H3,(H,19,22)(H,21,23)/p+1/t12-,13-,14+/m0/s1.